The maximum Gasteiger partial charge on any atom is 0.223 e. The van der Waals surface area contributed by atoms with Gasteiger partial charge in [0.1, 0.15) is 0 Å². The van der Waals surface area contributed by atoms with Crippen molar-refractivity contribution in [1.82, 2.24) is 14.1 Å². The first kappa shape index (κ1) is 19.9. The van der Waals surface area contributed by atoms with E-state index in [4.69, 9.17) is 0 Å². The summed E-state index contributed by atoms with van der Waals surface area (Å²) in [7, 11) is -3.32. The summed E-state index contributed by atoms with van der Waals surface area (Å²) in [5, 5.41) is 0. The van der Waals surface area contributed by atoms with Crippen LogP contribution in [0, 0.1) is 0 Å². The highest BCUT2D eigenvalue weighted by Crippen LogP contribution is 2.08. The number of hydrogen-bond donors (Lipinski definition) is 0. The number of nitrogens with zero attached hydrogens (tertiary/aromatic N) is 3. The zero-order valence-electron chi connectivity index (χ0n) is 15.2. The predicted molar refractivity (Wildman–Crippen MR) is 99.9 cm³/mol. The lowest BCUT2D eigenvalue weighted by Gasteiger charge is -2.34. The lowest BCUT2D eigenvalue weighted by atomic mass is 10.1. The summed E-state index contributed by atoms with van der Waals surface area (Å²) in [6, 6.07) is 9.80. The van der Waals surface area contributed by atoms with Crippen LogP contribution in [0.5, 0.6) is 0 Å². The molecule has 0 aromatic heterocycles. The number of piperazine rings is 1. The van der Waals surface area contributed by atoms with Crippen LogP contribution in [-0.2, 0) is 21.2 Å². The molecule has 1 aromatic carbocycles. The lowest BCUT2D eigenvalue weighted by molar-refractivity contribution is -0.133. The van der Waals surface area contributed by atoms with E-state index < -0.39 is 10.0 Å². The number of carbonyl (C=O) groups is 1. The van der Waals surface area contributed by atoms with E-state index in [1.54, 1.807) is 0 Å². The van der Waals surface area contributed by atoms with Crippen molar-refractivity contribution < 1.29 is 13.2 Å². The number of hydrogen-bond acceptors (Lipinski definition) is 4. The maximum atomic E-state index is 12.4. The molecule has 1 aliphatic rings. The Hall–Kier alpha value is -1.44. The van der Waals surface area contributed by atoms with Crippen molar-refractivity contribution >= 4 is 15.9 Å². The minimum atomic E-state index is -3.32. The lowest BCUT2D eigenvalue weighted by Crippen LogP contribution is -2.49. The molecular formula is C18H29N3O3S. The highest BCUT2D eigenvalue weighted by Gasteiger charge is 2.22. The molecule has 1 fully saturated rings. The zero-order valence-corrected chi connectivity index (χ0v) is 16.0. The van der Waals surface area contributed by atoms with Gasteiger partial charge in [-0.05, 0) is 18.5 Å². The minimum Gasteiger partial charge on any atom is -0.340 e. The van der Waals surface area contributed by atoms with Crippen LogP contribution in [0.25, 0.3) is 0 Å². The highest BCUT2D eigenvalue weighted by atomic mass is 32.2. The summed E-state index contributed by atoms with van der Waals surface area (Å²) < 4.78 is 25.5. The third-order valence-electron chi connectivity index (χ3n) is 4.71. The highest BCUT2D eigenvalue weighted by molar-refractivity contribution is 7.88. The van der Waals surface area contributed by atoms with Crippen LogP contribution in [0.3, 0.4) is 0 Å². The Kier molecular flexibility index (Phi) is 7.40. The standard InChI is InChI=1S/C18H29N3O3S/c1-3-19-13-15-20(16-14-19)18(22)10-12-21(25(2,23)24)11-9-17-7-5-4-6-8-17/h4-8H,3,9-16H2,1-2H3. The van der Waals surface area contributed by atoms with Crippen molar-refractivity contribution in [2.45, 2.75) is 19.8 Å². The number of likely N-dealkylation sites (N-methyl/N-ethyl adjacent to an activating group) is 1. The van der Waals surface area contributed by atoms with Crippen molar-refractivity contribution in [1.29, 1.82) is 0 Å². The van der Waals surface area contributed by atoms with Gasteiger partial charge in [0.05, 0.1) is 6.26 Å². The van der Waals surface area contributed by atoms with Gasteiger partial charge in [-0.2, -0.15) is 0 Å². The average molecular weight is 368 g/mol. The Morgan fingerprint density at radius 1 is 1.08 bits per heavy atom. The van der Waals surface area contributed by atoms with Crippen molar-refractivity contribution in [2.75, 3.05) is 52.1 Å². The van der Waals surface area contributed by atoms with Crippen LogP contribution in [0.1, 0.15) is 18.9 Å². The molecule has 0 radical (unpaired) electrons. The first-order valence-electron chi connectivity index (χ1n) is 8.89. The summed E-state index contributed by atoms with van der Waals surface area (Å²) in [5.74, 6) is 0.0455. The van der Waals surface area contributed by atoms with Gasteiger partial charge in [-0.1, -0.05) is 37.3 Å². The van der Waals surface area contributed by atoms with Gasteiger partial charge in [0, 0.05) is 45.7 Å². The van der Waals surface area contributed by atoms with E-state index in [9.17, 15) is 13.2 Å². The molecule has 0 spiro atoms. The number of rotatable bonds is 8. The van der Waals surface area contributed by atoms with Gasteiger partial charge >= 0.3 is 0 Å². The van der Waals surface area contributed by atoms with Crippen LogP contribution in [0.15, 0.2) is 30.3 Å². The monoisotopic (exact) mass is 367 g/mol. The molecule has 140 valence electrons. The molecule has 1 heterocycles. The van der Waals surface area contributed by atoms with E-state index in [1.807, 2.05) is 35.2 Å². The Labute approximate surface area is 151 Å². The number of benzene rings is 1. The largest absolute Gasteiger partial charge is 0.340 e. The minimum absolute atomic E-state index is 0.0455. The van der Waals surface area contributed by atoms with Gasteiger partial charge in [-0.15, -0.1) is 0 Å². The van der Waals surface area contributed by atoms with Gasteiger partial charge in [0.15, 0.2) is 0 Å². The molecule has 1 aliphatic heterocycles. The topological polar surface area (TPSA) is 60.9 Å². The molecule has 1 amide bonds. The van der Waals surface area contributed by atoms with E-state index in [2.05, 4.69) is 11.8 Å². The Morgan fingerprint density at radius 2 is 1.72 bits per heavy atom. The Balaban J connectivity index is 1.84. The van der Waals surface area contributed by atoms with Crippen molar-refractivity contribution in [3.8, 4) is 0 Å². The van der Waals surface area contributed by atoms with Gasteiger partial charge in [0.2, 0.25) is 15.9 Å². The molecule has 7 heteroatoms. The van der Waals surface area contributed by atoms with E-state index in [-0.39, 0.29) is 18.9 Å². The predicted octanol–water partition coefficient (Wildman–Crippen LogP) is 1.04. The van der Waals surface area contributed by atoms with E-state index >= 15 is 0 Å². The number of sulfonamides is 1. The third kappa shape index (κ3) is 6.41. The van der Waals surface area contributed by atoms with Crippen LogP contribution in [0.2, 0.25) is 0 Å². The molecule has 0 N–H and O–H groups in total. The molecular weight excluding hydrogens is 338 g/mol. The summed E-state index contributed by atoms with van der Waals surface area (Å²) in [6.45, 7) is 7.03. The summed E-state index contributed by atoms with van der Waals surface area (Å²) in [6.07, 6.45) is 2.10. The molecule has 1 saturated heterocycles. The van der Waals surface area contributed by atoms with Crippen molar-refractivity contribution in [3.63, 3.8) is 0 Å². The third-order valence-corrected chi connectivity index (χ3v) is 6.01. The molecule has 6 nitrogen and oxygen atoms in total. The first-order chi connectivity index (χ1) is 11.9. The van der Waals surface area contributed by atoms with Gasteiger partial charge in [-0.25, -0.2) is 12.7 Å². The molecule has 2 rings (SSSR count). The first-order valence-corrected chi connectivity index (χ1v) is 10.7. The van der Waals surface area contributed by atoms with E-state index in [1.165, 1.54) is 10.6 Å². The quantitative estimate of drug-likeness (QED) is 0.689. The molecule has 0 saturated carbocycles. The van der Waals surface area contributed by atoms with Gasteiger partial charge in [-0.3, -0.25) is 4.79 Å². The molecule has 0 unspecified atom stereocenters. The molecule has 1 aromatic rings. The molecule has 0 atom stereocenters. The number of carbonyl (C=O) groups excluding carboxylic acids is 1. The average Bonchev–Trinajstić information content (AvgIpc) is 2.61. The van der Waals surface area contributed by atoms with Crippen LogP contribution < -0.4 is 0 Å². The van der Waals surface area contributed by atoms with Crippen molar-refractivity contribution in [2.24, 2.45) is 0 Å². The smallest absolute Gasteiger partial charge is 0.223 e. The Morgan fingerprint density at radius 3 is 2.28 bits per heavy atom. The Bertz CT molecular complexity index is 641. The summed E-state index contributed by atoms with van der Waals surface area (Å²) >= 11 is 0. The van der Waals surface area contributed by atoms with E-state index in [0.29, 0.717) is 13.0 Å². The van der Waals surface area contributed by atoms with Crippen molar-refractivity contribution in [3.05, 3.63) is 35.9 Å². The zero-order chi connectivity index (χ0) is 18.3. The number of amides is 1. The fourth-order valence-electron chi connectivity index (χ4n) is 3.03. The van der Waals surface area contributed by atoms with Crippen LogP contribution in [0.4, 0.5) is 0 Å². The summed E-state index contributed by atoms with van der Waals surface area (Å²) in [4.78, 5) is 16.5. The van der Waals surface area contributed by atoms with Crippen LogP contribution >= 0.6 is 0 Å². The van der Waals surface area contributed by atoms with Gasteiger partial charge < -0.3 is 9.80 Å². The maximum absolute atomic E-state index is 12.4. The molecule has 25 heavy (non-hydrogen) atoms. The fraction of sp³-hybridized carbons (Fsp3) is 0.611. The second-order valence-electron chi connectivity index (χ2n) is 6.46. The summed E-state index contributed by atoms with van der Waals surface area (Å²) in [5.41, 5.74) is 1.10. The van der Waals surface area contributed by atoms with E-state index in [0.717, 1.165) is 38.3 Å². The van der Waals surface area contributed by atoms with Gasteiger partial charge in [0.25, 0.3) is 0 Å². The molecule has 0 aliphatic carbocycles. The normalized spacial score (nSPS) is 16.4. The second kappa shape index (κ2) is 9.31. The SMILES string of the molecule is CCN1CCN(C(=O)CCN(CCc2ccccc2)S(C)(=O)=O)CC1. The second-order valence-corrected chi connectivity index (χ2v) is 8.45. The molecule has 0 bridgehead atoms. The fourth-order valence-corrected chi connectivity index (χ4v) is 3.88. The van der Waals surface area contributed by atoms with Crippen LogP contribution in [-0.4, -0.2) is 80.5 Å².